The summed E-state index contributed by atoms with van der Waals surface area (Å²) < 4.78 is 5.72. The average molecular weight is 351 g/mol. The van der Waals surface area contributed by atoms with Gasteiger partial charge in [-0.2, -0.15) is 15.0 Å². The molecule has 0 spiro atoms. The lowest BCUT2D eigenvalue weighted by molar-refractivity contribution is 0.196. The Morgan fingerprint density at radius 2 is 1.88 bits per heavy atom. The SMILES string of the molecule is CC(c1nc(N)nc(N(C)C)n1)N(C)CCOc1ccccc1Cl. The lowest BCUT2D eigenvalue weighted by atomic mass is 10.3. The number of likely N-dealkylation sites (N-methyl/N-ethyl adjacent to an activating group) is 1. The van der Waals surface area contributed by atoms with Crippen molar-refractivity contribution in [3.05, 3.63) is 35.1 Å². The Hall–Kier alpha value is -2.12. The van der Waals surface area contributed by atoms with Crippen molar-refractivity contribution in [2.75, 3.05) is 44.9 Å². The summed E-state index contributed by atoms with van der Waals surface area (Å²) in [6.07, 6.45) is 0. The van der Waals surface area contributed by atoms with E-state index in [1.54, 1.807) is 11.0 Å². The fourth-order valence-electron chi connectivity index (χ4n) is 2.04. The van der Waals surface area contributed by atoms with Gasteiger partial charge < -0.3 is 15.4 Å². The summed E-state index contributed by atoms with van der Waals surface area (Å²) in [5.74, 6) is 2.08. The molecule has 0 aliphatic carbocycles. The predicted molar refractivity (Wildman–Crippen MR) is 96.6 cm³/mol. The normalized spacial score (nSPS) is 12.2. The molecule has 0 amide bonds. The summed E-state index contributed by atoms with van der Waals surface area (Å²) in [5.41, 5.74) is 5.78. The van der Waals surface area contributed by atoms with Gasteiger partial charge in [0.25, 0.3) is 0 Å². The number of aromatic nitrogens is 3. The molecule has 0 fully saturated rings. The van der Waals surface area contributed by atoms with Crippen LogP contribution in [0.15, 0.2) is 24.3 Å². The molecule has 7 nitrogen and oxygen atoms in total. The number of para-hydroxylation sites is 1. The molecule has 0 bridgehead atoms. The molecule has 0 saturated carbocycles. The van der Waals surface area contributed by atoms with E-state index in [1.807, 2.05) is 46.3 Å². The molecular weight excluding hydrogens is 328 g/mol. The average Bonchev–Trinajstić information content (AvgIpc) is 2.55. The number of nitrogens with two attached hydrogens (primary N) is 1. The zero-order chi connectivity index (χ0) is 17.7. The van der Waals surface area contributed by atoms with E-state index in [9.17, 15) is 0 Å². The monoisotopic (exact) mass is 350 g/mol. The van der Waals surface area contributed by atoms with Crippen molar-refractivity contribution in [2.24, 2.45) is 0 Å². The summed E-state index contributed by atoms with van der Waals surface area (Å²) in [4.78, 5) is 16.7. The molecule has 8 heteroatoms. The minimum absolute atomic E-state index is 0.0242. The predicted octanol–water partition coefficient (Wildman–Crippen LogP) is 2.25. The Morgan fingerprint density at radius 1 is 1.17 bits per heavy atom. The van der Waals surface area contributed by atoms with Crippen LogP contribution in [0.4, 0.5) is 11.9 Å². The van der Waals surface area contributed by atoms with Crippen molar-refractivity contribution in [2.45, 2.75) is 13.0 Å². The Labute approximate surface area is 147 Å². The van der Waals surface area contributed by atoms with Gasteiger partial charge in [-0.25, -0.2) is 0 Å². The fraction of sp³-hybridized carbons (Fsp3) is 0.438. The van der Waals surface area contributed by atoms with Crippen LogP contribution in [-0.4, -0.2) is 54.1 Å². The van der Waals surface area contributed by atoms with E-state index in [0.29, 0.717) is 35.7 Å². The second-order valence-electron chi connectivity index (χ2n) is 5.68. The summed E-state index contributed by atoms with van der Waals surface area (Å²) in [6, 6.07) is 7.39. The van der Waals surface area contributed by atoms with E-state index in [-0.39, 0.29) is 12.0 Å². The molecule has 1 heterocycles. The third-order valence-corrected chi connectivity index (χ3v) is 3.94. The van der Waals surface area contributed by atoms with E-state index in [2.05, 4.69) is 19.9 Å². The topological polar surface area (TPSA) is 80.4 Å². The van der Waals surface area contributed by atoms with Crippen LogP contribution in [0.5, 0.6) is 5.75 Å². The Balaban J connectivity index is 1.97. The van der Waals surface area contributed by atoms with Crippen molar-refractivity contribution in [3.8, 4) is 5.75 Å². The first-order valence-electron chi connectivity index (χ1n) is 7.65. The van der Waals surface area contributed by atoms with E-state index < -0.39 is 0 Å². The molecule has 1 aromatic carbocycles. The van der Waals surface area contributed by atoms with Gasteiger partial charge in [-0.15, -0.1) is 0 Å². The number of hydrogen-bond donors (Lipinski definition) is 1. The zero-order valence-electron chi connectivity index (χ0n) is 14.4. The highest BCUT2D eigenvalue weighted by molar-refractivity contribution is 6.32. The van der Waals surface area contributed by atoms with Gasteiger partial charge in [0, 0.05) is 20.6 Å². The number of nitrogen functional groups attached to an aromatic ring is 1. The number of hydrogen-bond acceptors (Lipinski definition) is 7. The number of nitrogens with zero attached hydrogens (tertiary/aromatic N) is 5. The first kappa shape index (κ1) is 18.2. The van der Waals surface area contributed by atoms with Crippen LogP contribution in [0.1, 0.15) is 18.8 Å². The van der Waals surface area contributed by atoms with Gasteiger partial charge in [0.1, 0.15) is 12.4 Å². The quantitative estimate of drug-likeness (QED) is 0.820. The minimum atomic E-state index is -0.0242. The lowest BCUT2D eigenvalue weighted by Crippen LogP contribution is -2.29. The first-order chi connectivity index (χ1) is 11.4. The van der Waals surface area contributed by atoms with Crippen molar-refractivity contribution >= 4 is 23.5 Å². The number of halogens is 1. The molecular formula is C16H23ClN6O. The molecule has 1 aromatic heterocycles. The Bertz CT molecular complexity index is 681. The molecule has 24 heavy (non-hydrogen) atoms. The van der Waals surface area contributed by atoms with Crippen molar-refractivity contribution in [3.63, 3.8) is 0 Å². The van der Waals surface area contributed by atoms with E-state index in [4.69, 9.17) is 22.1 Å². The maximum absolute atomic E-state index is 6.08. The first-order valence-corrected chi connectivity index (χ1v) is 8.02. The summed E-state index contributed by atoms with van der Waals surface area (Å²) in [6.45, 7) is 3.21. The molecule has 0 aliphatic rings. The third kappa shape index (κ3) is 4.69. The van der Waals surface area contributed by atoms with Crippen molar-refractivity contribution < 1.29 is 4.74 Å². The van der Waals surface area contributed by atoms with E-state index >= 15 is 0 Å². The molecule has 2 aromatic rings. The summed E-state index contributed by atoms with van der Waals surface area (Å²) in [5, 5.41) is 0.606. The minimum Gasteiger partial charge on any atom is -0.491 e. The maximum Gasteiger partial charge on any atom is 0.229 e. The molecule has 2 N–H and O–H groups in total. The number of ether oxygens (including phenoxy) is 1. The lowest BCUT2D eigenvalue weighted by Gasteiger charge is -2.24. The maximum atomic E-state index is 6.08. The van der Waals surface area contributed by atoms with Crippen molar-refractivity contribution in [1.82, 2.24) is 19.9 Å². The Morgan fingerprint density at radius 3 is 2.54 bits per heavy atom. The van der Waals surface area contributed by atoms with Crippen LogP contribution in [0.25, 0.3) is 0 Å². The second kappa shape index (κ2) is 8.12. The van der Waals surface area contributed by atoms with Gasteiger partial charge in [-0.05, 0) is 26.1 Å². The van der Waals surface area contributed by atoms with Crippen LogP contribution in [-0.2, 0) is 0 Å². The smallest absolute Gasteiger partial charge is 0.229 e. The van der Waals surface area contributed by atoms with Crippen molar-refractivity contribution in [1.29, 1.82) is 0 Å². The molecule has 0 aliphatic heterocycles. The van der Waals surface area contributed by atoms with Gasteiger partial charge in [0.2, 0.25) is 11.9 Å². The highest BCUT2D eigenvalue weighted by Crippen LogP contribution is 2.23. The zero-order valence-corrected chi connectivity index (χ0v) is 15.2. The Kier molecular flexibility index (Phi) is 6.16. The number of benzene rings is 1. The van der Waals surface area contributed by atoms with Crippen LogP contribution in [0, 0.1) is 0 Å². The van der Waals surface area contributed by atoms with Gasteiger partial charge in [-0.3, -0.25) is 4.90 Å². The van der Waals surface area contributed by atoms with Crippen LogP contribution in [0.2, 0.25) is 5.02 Å². The van der Waals surface area contributed by atoms with Crippen LogP contribution in [0.3, 0.4) is 0 Å². The van der Waals surface area contributed by atoms with Gasteiger partial charge >= 0.3 is 0 Å². The second-order valence-corrected chi connectivity index (χ2v) is 6.09. The summed E-state index contributed by atoms with van der Waals surface area (Å²) in [7, 11) is 5.71. The number of anilines is 2. The van der Waals surface area contributed by atoms with Crippen LogP contribution < -0.4 is 15.4 Å². The van der Waals surface area contributed by atoms with E-state index in [0.717, 1.165) is 0 Å². The van der Waals surface area contributed by atoms with Gasteiger partial charge in [0.15, 0.2) is 5.82 Å². The van der Waals surface area contributed by atoms with E-state index in [1.165, 1.54) is 0 Å². The molecule has 0 saturated heterocycles. The van der Waals surface area contributed by atoms with Crippen LogP contribution >= 0.6 is 11.6 Å². The van der Waals surface area contributed by atoms with Gasteiger partial charge in [-0.1, -0.05) is 23.7 Å². The molecule has 1 atom stereocenters. The standard InChI is InChI=1S/C16H23ClN6O/c1-11(14-19-15(18)21-16(20-14)22(2)3)23(4)9-10-24-13-8-6-5-7-12(13)17/h5-8,11H,9-10H2,1-4H3,(H2,18,19,20,21). The largest absolute Gasteiger partial charge is 0.491 e. The van der Waals surface area contributed by atoms with Gasteiger partial charge in [0.05, 0.1) is 11.1 Å². The molecule has 1 unspecified atom stereocenters. The molecule has 2 rings (SSSR count). The highest BCUT2D eigenvalue weighted by atomic mass is 35.5. The highest BCUT2D eigenvalue weighted by Gasteiger charge is 2.17. The summed E-state index contributed by atoms with van der Waals surface area (Å²) >= 11 is 6.08. The molecule has 0 radical (unpaired) electrons. The number of rotatable bonds is 7. The third-order valence-electron chi connectivity index (χ3n) is 3.63. The molecule has 130 valence electrons. The fourth-order valence-corrected chi connectivity index (χ4v) is 2.23.